The van der Waals surface area contributed by atoms with E-state index in [4.69, 9.17) is 10.5 Å². The van der Waals surface area contributed by atoms with Gasteiger partial charge in [0.1, 0.15) is 10.0 Å². The van der Waals surface area contributed by atoms with E-state index >= 15 is 0 Å². The third-order valence-corrected chi connectivity index (χ3v) is 6.13. The van der Waals surface area contributed by atoms with Crippen molar-refractivity contribution in [2.24, 2.45) is 5.73 Å². The summed E-state index contributed by atoms with van der Waals surface area (Å²) in [5, 5.41) is 11.5. The molecular formula is C14H16N4O4S3. The topological polar surface area (TPSA) is 124 Å². The van der Waals surface area contributed by atoms with Gasteiger partial charge in [-0.2, -0.15) is 0 Å². The molecule has 2 amide bonds. The van der Waals surface area contributed by atoms with Crippen LogP contribution in [-0.4, -0.2) is 40.3 Å². The molecule has 0 aliphatic carbocycles. The second-order valence-corrected chi connectivity index (χ2v) is 8.19. The second-order valence-electron chi connectivity index (χ2n) is 4.77. The van der Waals surface area contributed by atoms with Crippen molar-refractivity contribution in [2.75, 3.05) is 17.7 Å². The van der Waals surface area contributed by atoms with Crippen molar-refractivity contribution >= 4 is 57.2 Å². The van der Waals surface area contributed by atoms with E-state index in [9.17, 15) is 14.4 Å². The number of carbonyl (C=O) groups is 3. The largest absolute Gasteiger partial charge is 0.462 e. The smallest absolute Gasteiger partial charge is 0.341 e. The van der Waals surface area contributed by atoms with Gasteiger partial charge in [-0.05, 0) is 26.3 Å². The van der Waals surface area contributed by atoms with Crippen molar-refractivity contribution in [1.29, 1.82) is 0 Å². The van der Waals surface area contributed by atoms with Crippen LogP contribution < -0.4 is 11.1 Å². The summed E-state index contributed by atoms with van der Waals surface area (Å²) in [4.78, 5) is 36.1. The minimum absolute atomic E-state index is 0.0970. The Morgan fingerprint density at radius 2 is 1.96 bits per heavy atom. The first kappa shape index (κ1) is 19.3. The van der Waals surface area contributed by atoms with Crippen LogP contribution in [0.2, 0.25) is 0 Å². The molecule has 0 spiro atoms. The Balaban J connectivity index is 2.16. The maximum Gasteiger partial charge on any atom is 0.341 e. The molecule has 0 radical (unpaired) electrons. The molecular weight excluding hydrogens is 384 g/mol. The molecule has 2 aromatic heterocycles. The number of nitrogens with zero attached hydrogens (tertiary/aromatic N) is 2. The summed E-state index contributed by atoms with van der Waals surface area (Å²) < 4.78 is 5.68. The summed E-state index contributed by atoms with van der Waals surface area (Å²) >= 11 is 3.59. The summed E-state index contributed by atoms with van der Waals surface area (Å²) in [5.74, 6) is -1.50. The summed E-state index contributed by atoms with van der Waals surface area (Å²) in [6.45, 7) is 5.28. The van der Waals surface area contributed by atoms with Gasteiger partial charge in [0.05, 0.1) is 22.8 Å². The van der Waals surface area contributed by atoms with E-state index < -0.39 is 11.9 Å². The number of ether oxygens (including phenoxy) is 1. The van der Waals surface area contributed by atoms with Crippen LogP contribution in [0.3, 0.4) is 0 Å². The van der Waals surface area contributed by atoms with Crippen molar-refractivity contribution in [3.63, 3.8) is 0 Å². The normalized spacial score (nSPS) is 10.5. The van der Waals surface area contributed by atoms with Gasteiger partial charge in [0.15, 0.2) is 4.34 Å². The van der Waals surface area contributed by atoms with Crippen LogP contribution in [0.5, 0.6) is 0 Å². The van der Waals surface area contributed by atoms with Gasteiger partial charge in [-0.15, -0.1) is 21.5 Å². The minimum Gasteiger partial charge on any atom is -0.462 e. The van der Waals surface area contributed by atoms with Crippen LogP contribution in [0.25, 0.3) is 0 Å². The predicted molar refractivity (Wildman–Crippen MR) is 97.5 cm³/mol. The number of primary amides is 1. The number of aryl methyl sites for hydroxylation is 1. The number of esters is 1. The molecule has 0 fully saturated rings. The molecule has 0 aromatic carbocycles. The monoisotopic (exact) mass is 400 g/mol. The Bertz CT molecular complexity index is 815. The Kier molecular flexibility index (Phi) is 6.51. The van der Waals surface area contributed by atoms with E-state index in [1.54, 1.807) is 13.8 Å². The van der Waals surface area contributed by atoms with Gasteiger partial charge in [-0.25, -0.2) is 4.79 Å². The number of thiophene rings is 1. The standard InChI is InChI=1S/C14H16N4O4S3/c1-4-22-13(21)9-6(2)10(11(15)20)25-12(9)16-8(19)5-23-14-18-17-7(3)24-14/h4-5H2,1-3H3,(H2,15,20)(H,16,19). The number of nitrogens with two attached hydrogens (primary N) is 1. The van der Waals surface area contributed by atoms with Gasteiger partial charge in [0.2, 0.25) is 5.91 Å². The number of thioether (sulfide) groups is 1. The summed E-state index contributed by atoms with van der Waals surface area (Å²) in [6.07, 6.45) is 0. The summed E-state index contributed by atoms with van der Waals surface area (Å²) in [5.41, 5.74) is 5.89. The van der Waals surface area contributed by atoms with Gasteiger partial charge in [0.25, 0.3) is 5.91 Å². The number of aromatic nitrogens is 2. The van der Waals surface area contributed by atoms with Crippen molar-refractivity contribution in [1.82, 2.24) is 10.2 Å². The van der Waals surface area contributed by atoms with Crippen molar-refractivity contribution in [2.45, 2.75) is 25.1 Å². The molecule has 0 aliphatic rings. The van der Waals surface area contributed by atoms with Crippen LogP contribution >= 0.6 is 34.4 Å². The zero-order valence-electron chi connectivity index (χ0n) is 13.7. The Labute approximate surface area is 156 Å². The zero-order chi connectivity index (χ0) is 18.6. The van der Waals surface area contributed by atoms with E-state index in [0.717, 1.165) is 16.3 Å². The maximum atomic E-state index is 12.2. The Morgan fingerprint density at radius 1 is 1.24 bits per heavy atom. The highest BCUT2D eigenvalue weighted by molar-refractivity contribution is 8.01. The Hall–Kier alpha value is -1.98. The minimum atomic E-state index is -0.660. The SMILES string of the molecule is CCOC(=O)c1c(NC(=O)CSc2nnc(C)s2)sc(C(N)=O)c1C. The highest BCUT2D eigenvalue weighted by Crippen LogP contribution is 2.34. The van der Waals surface area contributed by atoms with Gasteiger partial charge in [-0.3, -0.25) is 9.59 Å². The number of hydrogen-bond acceptors (Lipinski definition) is 9. The van der Waals surface area contributed by atoms with Crippen LogP contribution in [0, 0.1) is 13.8 Å². The third kappa shape index (κ3) is 4.77. The lowest BCUT2D eigenvalue weighted by molar-refractivity contribution is -0.113. The van der Waals surface area contributed by atoms with Crippen LogP contribution in [0.1, 0.15) is 37.5 Å². The fourth-order valence-corrected chi connectivity index (χ4v) is 4.59. The van der Waals surface area contributed by atoms with Crippen molar-refractivity contribution in [3.8, 4) is 0 Å². The molecule has 0 saturated heterocycles. The van der Waals surface area contributed by atoms with Gasteiger partial charge >= 0.3 is 5.97 Å². The number of amides is 2. The molecule has 8 nitrogen and oxygen atoms in total. The zero-order valence-corrected chi connectivity index (χ0v) is 16.2. The quantitative estimate of drug-likeness (QED) is 0.539. The van der Waals surface area contributed by atoms with E-state index in [2.05, 4.69) is 15.5 Å². The molecule has 0 aliphatic heterocycles. The number of nitrogens with one attached hydrogen (secondary N) is 1. The van der Waals surface area contributed by atoms with Crippen LogP contribution in [0.15, 0.2) is 4.34 Å². The number of rotatable bonds is 7. The molecule has 2 heterocycles. The summed E-state index contributed by atoms with van der Waals surface area (Å²) in [7, 11) is 0. The lowest BCUT2D eigenvalue weighted by Crippen LogP contribution is -2.16. The van der Waals surface area contributed by atoms with Crippen molar-refractivity contribution in [3.05, 3.63) is 21.0 Å². The van der Waals surface area contributed by atoms with E-state index in [1.807, 2.05) is 6.92 Å². The molecule has 0 atom stereocenters. The molecule has 3 N–H and O–H groups in total. The highest BCUT2D eigenvalue weighted by atomic mass is 32.2. The molecule has 134 valence electrons. The van der Waals surface area contributed by atoms with Gasteiger partial charge < -0.3 is 15.8 Å². The fraction of sp³-hybridized carbons (Fsp3) is 0.357. The number of hydrogen-bond donors (Lipinski definition) is 2. The molecule has 2 aromatic rings. The lowest BCUT2D eigenvalue weighted by Gasteiger charge is -2.06. The first-order valence-corrected chi connectivity index (χ1v) is 9.78. The highest BCUT2D eigenvalue weighted by Gasteiger charge is 2.25. The van der Waals surface area contributed by atoms with Gasteiger partial charge in [-0.1, -0.05) is 23.1 Å². The predicted octanol–water partition coefficient (Wildman–Crippen LogP) is 2.22. The van der Waals surface area contributed by atoms with Crippen LogP contribution in [-0.2, 0) is 9.53 Å². The van der Waals surface area contributed by atoms with Gasteiger partial charge in [0, 0.05) is 0 Å². The first-order chi connectivity index (χ1) is 11.8. The summed E-state index contributed by atoms with van der Waals surface area (Å²) in [6, 6.07) is 0. The lowest BCUT2D eigenvalue weighted by atomic mass is 10.1. The van der Waals surface area contributed by atoms with E-state index in [1.165, 1.54) is 23.1 Å². The fourth-order valence-electron chi connectivity index (χ4n) is 1.91. The Morgan fingerprint density at radius 3 is 2.52 bits per heavy atom. The first-order valence-electron chi connectivity index (χ1n) is 7.16. The average Bonchev–Trinajstić information content (AvgIpc) is 3.09. The number of anilines is 1. The molecule has 0 bridgehead atoms. The molecule has 25 heavy (non-hydrogen) atoms. The third-order valence-electron chi connectivity index (χ3n) is 2.94. The van der Waals surface area contributed by atoms with E-state index in [-0.39, 0.29) is 33.7 Å². The van der Waals surface area contributed by atoms with E-state index in [0.29, 0.717) is 9.90 Å². The molecule has 0 unspecified atom stereocenters. The molecule has 0 saturated carbocycles. The second kappa shape index (κ2) is 8.41. The maximum absolute atomic E-state index is 12.2. The average molecular weight is 401 g/mol. The molecule has 2 rings (SSSR count). The number of carbonyl (C=O) groups excluding carboxylic acids is 3. The molecule has 11 heteroatoms. The van der Waals surface area contributed by atoms with Crippen molar-refractivity contribution < 1.29 is 19.1 Å². The van der Waals surface area contributed by atoms with Crippen LogP contribution in [0.4, 0.5) is 5.00 Å².